The van der Waals surface area contributed by atoms with Gasteiger partial charge in [-0.05, 0) is 26.3 Å². The zero-order chi connectivity index (χ0) is 10.7. The highest BCUT2D eigenvalue weighted by Gasteiger charge is 2.32. The Morgan fingerprint density at radius 2 is 2.29 bits per heavy atom. The SMILES string of the molecule is CC(CC(N)=S)N1CCCC1C(N)=O. The van der Waals surface area contributed by atoms with Crippen LogP contribution >= 0.6 is 12.2 Å². The summed E-state index contributed by atoms with van der Waals surface area (Å²) in [4.78, 5) is 13.7. The van der Waals surface area contributed by atoms with Gasteiger partial charge in [0.1, 0.15) is 0 Å². The highest BCUT2D eigenvalue weighted by molar-refractivity contribution is 7.80. The van der Waals surface area contributed by atoms with E-state index in [1.807, 2.05) is 6.92 Å². The molecule has 0 aromatic rings. The maximum Gasteiger partial charge on any atom is 0.234 e. The standard InChI is InChI=1S/C9H17N3OS/c1-6(5-8(10)14)12-4-2-3-7(12)9(11)13/h6-7H,2-5H2,1H3,(H2,10,14)(H2,11,13). The van der Waals surface area contributed by atoms with Crippen LogP contribution in [-0.4, -0.2) is 34.4 Å². The lowest BCUT2D eigenvalue weighted by atomic mass is 10.1. The van der Waals surface area contributed by atoms with E-state index in [1.165, 1.54) is 0 Å². The zero-order valence-electron chi connectivity index (χ0n) is 8.40. The molecule has 2 atom stereocenters. The highest BCUT2D eigenvalue weighted by atomic mass is 32.1. The molecule has 4 nitrogen and oxygen atoms in total. The van der Waals surface area contributed by atoms with Gasteiger partial charge in [-0.15, -0.1) is 0 Å². The molecule has 0 aromatic carbocycles. The van der Waals surface area contributed by atoms with Crippen molar-refractivity contribution in [2.24, 2.45) is 11.5 Å². The second-order valence-electron chi connectivity index (χ2n) is 3.82. The molecule has 1 heterocycles. The first-order valence-electron chi connectivity index (χ1n) is 4.85. The van der Waals surface area contributed by atoms with E-state index in [1.54, 1.807) is 0 Å². The van der Waals surface area contributed by atoms with Crippen molar-refractivity contribution in [1.29, 1.82) is 0 Å². The molecule has 80 valence electrons. The molecule has 1 fully saturated rings. The number of thiocarbonyl (C=S) groups is 1. The maximum absolute atomic E-state index is 11.1. The predicted molar refractivity (Wildman–Crippen MR) is 59.8 cm³/mol. The average Bonchev–Trinajstić information content (AvgIpc) is 2.49. The first-order chi connectivity index (χ1) is 6.52. The van der Waals surface area contributed by atoms with E-state index in [2.05, 4.69) is 4.90 Å². The minimum atomic E-state index is -0.239. The first-order valence-corrected chi connectivity index (χ1v) is 5.26. The van der Waals surface area contributed by atoms with Crippen LogP contribution in [0.1, 0.15) is 26.2 Å². The number of likely N-dealkylation sites (tertiary alicyclic amines) is 1. The van der Waals surface area contributed by atoms with Crippen molar-refractivity contribution in [3.63, 3.8) is 0 Å². The lowest BCUT2D eigenvalue weighted by Crippen LogP contribution is -2.45. The van der Waals surface area contributed by atoms with Gasteiger partial charge in [0.25, 0.3) is 0 Å². The fourth-order valence-corrected chi connectivity index (χ4v) is 2.27. The Bertz CT molecular complexity index is 244. The number of carbonyl (C=O) groups is 1. The Morgan fingerprint density at radius 1 is 1.64 bits per heavy atom. The van der Waals surface area contributed by atoms with E-state index >= 15 is 0 Å². The monoisotopic (exact) mass is 215 g/mol. The quantitative estimate of drug-likeness (QED) is 0.648. The molecule has 0 bridgehead atoms. The summed E-state index contributed by atoms with van der Waals surface area (Å²) in [6.07, 6.45) is 2.53. The Labute approximate surface area is 89.6 Å². The summed E-state index contributed by atoms with van der Waals surface area (Å²) in [5, 5.41) is 0. The van der Waals surface area contributed by atoms with E-state index in [0.29, 0.717) is 11.4 Å². The van der Waals surface area contributed by atoms with Gasteiger partial charge in [0.05, 0.1) is 11.0 Å². The topological polar surface area (TPSA) is 72.3 Å². The molecule has 0 saturated carbocycles. The van der Waals surface area contributed by atoms with Crippen molar-refractivity contribution in [2.45, 2.75) is 38.3 Å². The number of hydrogen-bond donors (Lipinski definition) is 2. The normalized spacial score (nSPS) is 24.8. The molecular formula is C9H17N3OS. The smallest absolute Gasteiger partial charge is 0.234 e. The molecule has 2 unspecified atom stereocenters. The highest BCUT2D eigenvalue weighted by Crippen LogP contribution is 2.21. The van der Waals surface area contributed by atoms with Crippen LogP contribution in [0.5, 0.6) is 0 Å². The Morgan fingerprint density at radius 3 is 2.79 bits per heavy atom. The first kappa shape index (κ1) is 11.4. The molecule has 0 radical (unpaired) electrons. The van der Waals surface area contributed by atoms with Gasteiger partial charge in [0, 0.05) is 12.5 Å². The molecular weight excluding hydrogens is 198 g/mol. The van der Waals surface area contributed by atoms with Crippen molar-refractivity contribution in [2.75, 3.05) is 6.54 Å². The third kappa shape index (κ3) is 2.65. The second kappa shape index (κ2) is 4.70. The van der Waals surface area contributed by atoms with E-state index in [9.17, 15) is 4.79 Å². The summed E-state index contributed by atoms with van der Waals surface area (Å²) in [5.74, 6) is -0.239. The number of rotatable bonds is 4. The third-order valence-electron chi connectivity index (χ3n) is 2.69. The van der Waals surface area contributed by atoms with Gasteiger partial charge in [-0.2, -0.15) is 0 Å². The van der Waals surface area contributed by atoms with Gasteiger partial charge in [-0.25, -0.2) is 0 Å². The van der Waals surface area contributed by atoms with Crippen molar-refractivity contribution in [3.05, 3.63) is 0 Å². The van der Waals surface area contributed by atoms with Gasteiger partial charge in [-0.1, -0.05) is 12.2 Å². The van der Waals surface area contributed by atoms with E-state index < -0.39 is 0 Å². The summed E-state index contributed by atoms with van der Waals surface area (Å²) in [6, 6.07) is 0.0897. The zero-order valence-corrected chi connectivity index (χ0v) is 9.22. The Kier molecular flexibility index (Phi) is 3.83. The number of nitrogens with two attached hydrogens (primary N) is 2. The van der Waals surface area contributed by atoms with Crippen LogP contribution in [0.4, 0.5) is 0 Å². The fraction of sp³-hybridized carbons (Fsp3) is 0.778. The molecule has 0 aromatic heterocycles. The lowest BCUT2D eigenvalue weighted by Gasteiger charge is -2.28. The number of primary amides is 1. The third-order valence-corrected chi connectivity index (χ3v) is 2.85. The summed E-state index contributed by atoms with van der Waals surface area (Å²) in [5.41, 5.74) is 10.8. The molecule has 4 N–H and O–H groups in total. The average molecular weight is 215 g/mol. The van der Waals surface area contributed by atoms with Crippen LogP contribution in [0, 0.1) is 0 Å². The summed E-state index contributed by atoms with van der Waals surface area (Å²) >= 11 is 4.85. The Balaban J connectivity index is 2.57. The molecule has 0 aliphatic carbocycles. The second-order valence-corrected chi connectivity index (χ2v) is 4.34. The van der Waals surface area contributed by atoms with Crippen molar-refractivity contribution in [3.8, 4) is 0 Å². The minimum absolute atomic E-state index is 0.126. The number of carbonyl (C=O) groups excluding carboxylic acids is 1. The van der Waals surface area contributed by atoms with Gasteiger partial charge in [-0.3, -0.25) is 9.69 Å². The van der Waals surface area contributed by atoms with Crippen LogP contribution < -0.4 is 11.5 Å². The summed E-state index contributed by atoms with van der Waals surface area (Å²) in [7, 11) is 0. The van der Waals surface area contributed by atoms with E-state index in [0.717, 1.165) is 19.4 Å². The van der Waals surface area contributed by atoms with Gasteiger partial charge >= 0.3 is 0 Å². The van der Waals surface area contributed by atoms with Gasteiger partial charge in [0.15, 0.2) is 0 Å². The van der Waals surface area contributed by atoms with Crippen LogP contribution in [0.25, 0.3) is 0 Å². The van der Waals surface area contributed by atoms with Crippen molar-refractivity contribution in [1.82, 2.24) is 4.90 Å². The van der Waals surface area contributed by atoms with Gasteiger partial charge in [0.2, 0.25) is 5.91 Å². The summed E-state index contributed by atoms with van der Waals surface area (Å²) in [6.45, 7) is 2.94. The van der Waals surface area contributed by atoms with Crippen LogP contribution in [0.15, 0.2) is 0 Å². The van der Waals surface area contributed by atoms with E-state index in [4.69, 9.17) is 23.7 Å². The molecule has 1 saturated heterocycles. The number of amides is 1. The lowest BCUT2D eigenvalue weighted by molar-refractivity contribution is -0.122. The fourth-order valence-electron chi connectivity index (χ4n) is 2.03. The Hall–Kier alpha value is -0.680. The minimum Gasteiger partial charge on any atom is -0.393 e. The van der Waals surface area contributed by atoms with Crippen LogP contribution in [0.3, 0.4) is 0 Å². The predicted octanol–water partition coefficient (Wildman–Crippen LogP) is 0.000800. The molecule has 1 aliphatic rings. The molecule has 1 aliphatic heterocycles. The largest absolute Gasteiger partial charge is 0.393 e. The maximum atomic E-state index is 11.1. The molecule has 14 heavy (non-hydrogen) atoms. The number of hydrogen-bond acceptors (Lipinski definition) is 3. The number of nitrogens with zero attached hydrogens (tertiary/aromatic N) is 1. The molecule has 1 amide bonds. The van der Waals surface area contributed by atoms with Crippen molar-refractivity contribution >= 4 is 23.1 Å². The van der Waals surface area contributed by atoms with Crippen LogP contribution in [0.2, 0.25) is 0 Å². The molecule has 1 rings (SSSR count). The molecule has 0 spiro atoms. The van der Waals surface area contributed by atoms with Crippen molar-refractivity contribution < 1.29 is 4.79 Å². The van der Waals surface area contributed by atoms with Gasteiger partial charge < -0.3 is 11.5 Å². The molecule has 5 heteroatoms. The summed E-state index contributed by atoms with van der Waals surface area (Å²) < 4.78 is 0. The van der Waals surface area contributed by atoms with E-state index in [-0.39, 0.29) is 18.0 Å². The van der Waals surface area contributed by atoms with Crippen LogP contribution in [-0.2, 0) is 4.79 Å².